The molecule has 3 heteroatoms. The first kappa shape index (κ1) is 10.6. The summed E-state index contributed by atoms with van der Waals surface area (Å²) < 4.78 is 5.92. The zero-order chi connectivity index (χ0) is 10.7. The summed E-state index contributed by atoms with van der Waals surface area (Å²) in [7, 11) is 2.02. The molecule has 82 valence electrons. The lowest BCUT2D eigenvalue weighted by molar-refractivity contribution is -0.0804. The molecular formula is C12H18N2O. The summed E-state index contributed by atoms with van der Waals surface area (Å²) in [4.78, 5) is 4.04. The molecule has 0 aliphatic carbocycles. The van der Waals surface area contributed by atoms with Crippen LogP contribution >= 0.6 is 0 Å². The lowest BCUT2D eigenvalue weighted by atomic mass is 9.86. The SMILES string of the molecule is CNC1CCOC(C)(c2ccncc2)C1. The Morgan fingerprint density at radius 3 is 2.87 bits per heavy atom. The Balaban J connectivity index is 2.19. The van der Waals surface area contributed by atoms with Crippen LogP contribution in [0, 0.1) is 0 Å². The first-order valence-corrected chi connectivity index (χ1v) is 5.46. The number of aromatic nitrogens is 1. The molecule has 0 amide bonds. The van der Waals surface area contributed by atoms with Gasteiger partial charge in [0.15, 0.2) is 0 Å². The second-order valence-corrected chi connectivity index (χ2v) is 4.29. The molecule has 1 aromatic heterocycles. The molecule has 1 aliphatic heterocycles. The molecule has 15 heavy (non-hydrogen) atoms. The summed E-state index contributed by atoms with van der Waals surface area (Å²) in [6.07, 6.45) is 5.77. The van der Waals surface area contributed by atoms with Crippen LogP contribution in [0.1, 0.15) is 25.3 Å². The van der Waals surface area contributed by atoms with Crippen LogP contribution in [0.3, 0.4) is 0 Å². The molecule has 2 unspecified atom stereocenters. The Bertz CT molecular complexity index is 315. The standard InChI is InChI=1S/C12H18N2O/c1-12(10-3-6-14-7-4-10)9-11(13-2)5-8-15-12/h3-4,6-7,11,13H,5,8-9H2,1-2H3. The molecule has 0 bridgehead atoms. The van der Waals surface area contributed by atoms with Crippen molar-refractivity contribution >= 4 is 0 Å². The number of hydrogen-bond donors (Lipinski definition) is 1. The van der Waals surface area contributed by atoms with Crippen LogP contribution in [-0.4, -0.2) is 24.7 Å². The zero-order valence-electron chi connectivity index (χ0n) is 9.36. The molecule has 1 aromatic rings. The highest BCUT2D eigenvalue weighted by Crippen LogP contribution is 2.34. The molecule has 1 N–H and O–H groups in total. The Morgan fingerprint density at radius 1 is 1.47 bits per heavy atom. The van der Waals surface area contributed by atoms with Gasteiger partial charge in [-0.15, -0.1) is 0 Å². The molecule has 1 saturated heterocycles. The second-order valence-electron chi connectivity index (χ2n) is 4.29. The first-order chi connectivity index (χ1) is 7.24. The van der Waals surface area contributed by atoms with E-state index >= 15 is 0 Å². The number of nitrogens with zero attached hydrogens (tertiary/aromatic N) is 1. The lowest BCUT2D eigenvalue weighted by Gasteiger charge is -2.38. The van der Waals surface area contributed by atoms with E-state index in [9.17, 15) is 0 Å². The van der Waals surface area contributed by atoms with Crippen molar-refractivity contribution < 1.29 is 4.74 Å². The van der Waals surface area contributed by atoms with Gasteiger partial charge in [0.25, 0.3) is 0 Å². The molecule has 0 spiro atoms. The van der Waals surface area contributed by atoms with Crippen LogP contribution in [0.5, 0.6) is 0 Å². The van der Waals surface area contributed by atoms with Crippen molar-refractivity contribution in [2.24, 2.45) is 0 Å². The Labute approximate surface area is 90.9 Å². The van der Waals surface area contributed by atoms with E-state index in [4.69, 9.17) is 4.74 Å². The summed E-state index contributed by atoms with van der Waals surface area (Å²) >= 11 is 0. The minimum atomic E-state index is -0.158. The normalized spacial score (nSPS) is 31.5. The third-order valence-electron chi connectivity index (χ3n) is 3.22. The Morgan fingerprint density at radius 2 is 2.20 bits per heavy atom. The molecule has 1 aliphatic rings. The largest absolute Gasteiger partial charge is 0.370 e. The Kier molecular flexibility index (Phi) is 3.03. The maximum absolute atomic E-state index is 5.92. The van der Waals surface area contributed by atoms with Crippen molar-refractivity contribution in [3.8, 4) is 0 Å². The minimum absolute atomic E-state index is 0.158. The summed E-state index contributed by atoms with van der Waals surface area (Å²) in [5.41, 5.74) is 1.06. The molecule has 0 radical (unpaired) electrons. The number of hydrogen-bond acceptors (Lipinski definition) is 3. The molecule has 1 fully saturated rings. The van der Waals surface area contributed by atoms with Crippen molar-refractivity contribution in [3.63, 3.8) is 0 Å². The van der Waals surface area contributed by atoms with Crippen LogP contribution in [0.2, 0.25) is 0 Å². The summed E-state index contributed by atoms with van der Waals surface area (Å²) in [5, 5.41) is 3.33. The van der Waals surface area contributed by atoms with Gasteiger partial charge in [-0.25, -0.2) is 0 Å². The van der Waals surface area contributed by atoms with Crippen LogP contribution in [-0.2, 0) is 10.3 Å². The number of ether oxygens (including phenoxy) is 1. The van der Waals surface area contributed by atoms with Crippen LogP contribution < -0.4 is 5.32 Å². The van der Waals surface area contributed by atoms with E-state index in [1.165, 1.54) is 5.56 Å². The second kappa shape index (κ2) is 4.29. The van der Waals surface area contributed by atoms with Crippen molar-refractivity contribution in [2.45, 2.75) is 31.4 Å². The highest BCUT2D eigenvalue weighted by atomic mass is 16.5. The van der Waals surface area contributed by atoms with E-state index < -0.39 is 0 Å². The van der Waals surface area contributed by atoms with Gasteiger partial charge in [0.1, 0.15) is 0 Å². The highest BCUT2D eigenvalue weighted by Gasteiger charge is 2.34. The molecule has 0 aromatic carbocycles. The molecule has 2 heterocycles. The topological polar surface area (TPSA) is 34.1 Å². The van der Waals surface area contributed by atoms with Gasteiger partial charge in [0.2, 0.25) is 0 Å². The van der Waals surface area contributed by atoms with Crippen LogP contribution in [0.25, 0.3) is 0 Å². The smallest absolute Gasteiger partial charge is 0.0919 e. The lowest BCUT2D eigenvalue weighted by Crippen LogP contribution is -2.42. The highest BCUT2D eigenvalue weighted by molar-refractivity contribution is 5.19. The summed E-state index contributed by atoms with van der Waals surface area (Å²) in [5.74, 6) is 0. The molecule has 2 rings (SSSR count). The fourth-order valence-electron chi connectivity index (χ4n) is 2.21. The van der Waals surface area contributed by atoms with Crippen LogP contribution in [0.15, 0.2) is 24.5 Å². The zero-order valence-corrected chi connectivity index (χ0v) is 9.36. The van der Waals surface area contributed by atoms with Gasteiger partial charge >= 0.3 is 0 Å². The van der Waals surface area contributed by atoms with Gasteiger partial charge in [-0.3, -0.25) is 4.98 Å². The Hall–Kier alpha value is -0.930. The predicted molar refractivity (Wildman–Crippen MR) is 59.6 cm³/mol. The average Bonchev–Trinajstić information content (AvgIpc) is 2.30. The van der Waals surface area contributed by atoms with E-state index in [1.807, 2.05) is 31.6 Å². The average molecular weight is 206 g/mol. The molecule has 3 nitrogen and oxygen atoms in total. The van der Waals surface area contributed by atoms with E-state index in [0.717, 1.165) is 19.4 Å². The van der Waals surface area contributed by atoms with Gasteiger partial charge < -0.3 is 10.1 Å². The third kappa shape index (κ3) is 2.19. The van der Waals surface area contributed by atoms with E-state index in [0.29, 0.717) is 6.04 Å². The molecule has 2 atom stereocenters. The molecular weight excluding hydrogens is 188 g/mol. The molecule has 0 saturated carbocycles. The maximum atomic E-state index is 5.92. The summed E-state index contributed by atoms with van der Waals surface area (Å²) in [6.45, 7) is 2.98. The third-order valence-corrected chi connectivity index (χ3v) is 3.22. The van der Waals surface area contributed by atoms with E-state index in [-0.39, 0.29) is 5.60 Å². The van der Waals surface area contributed by atoms with E-state index in [1.54, 1.807) is 0 Å². The van der Waals surface area contributed by atoms with Crippen molar-refractivity contribution in [3.05, 3.63) is 30.1 Å². The van der Waals surface area contributed by atoms with Gasteiger partial charge in [0.05, 0.1) is 5.60 Å². The quantitative estimate of drug-likeness (QED) is 0.799. The van der Waals surface area contributed by atoms with Crippen molar-refractivity contribution in [1.82, 2.24) is 10.3 Å². The first-order valence-electron chi connectivity index (χ1n) is 5.46. The fourth-order valence-corrected chi connectivity index (χ4v) is 2.21. The fraction of sp³-hybridized carbons (Fsp3) is 0.583. The predicted octanol–water partition coefficient (Wildman–Crippen LogP) is 1.70. The van der Waals surface area contributed by atoms with Crippen molar-refractivity contribution in [1.29, 1.82) is 0 Å². The van der Waals surface area contributed by atoms with E-state index in [2.05, 4.69) is 17.2 Å². The maximum Gasteiger partial charge on any atom is 0.0919 e. The minimum Gasteiger partial charge on any atom is -0.370 e. The monoisotopic (exact) mass is 206 g/mol. The number of nitrogens with one attached hydrogen (secondary N) is 1. The summed E-state index contributed by atoms with van der Waals surface area (Å²) in [6, 6.07) is 4.63. The number of pyridine rings is 1. The van der Waals surface area contributed by atoms with Crippen molar-refractivity contribution in [2.75, 3.05) is 13.7 Å². The van der Waals surface area contributed by atoms with Gasteiger partial charge in [-0.2, -0.15) is 0 Å². The van der Waals surface area contributed by atoms with Gasteiger partial charge in [-0.05, 0) is 44.5 Å². The van der Waals surface area contributed by atoms with Gasteiger partial charge in [0, 0.05) is 25.0 Å². The number of rotatable bonds is 2. The van der Waals surface area contributed by atoms with Crippen LogP contribution in [0.4, 0.5) is 0 Å². The van der Waals surface area contributed by atoms with Gasteiger partial charge in [-0.1, -0.05) is 0 Å².